The van der Waals surface area contributed by atoms with Crippen LogP contribution in [0.4, 0.5) is 22.0 Å². The monoisotopic (exact) mass is 454 g/mol. The van der Waals surface area contributed by atoms with Gasteiger partial charge in [-0.25, -0.2) is 8.78 Å². The van der Waals surface area contributed by atoms with Crippen LogP contribution in [0.5, 0.6) is 5.75 Å². The van der Waals surface area contributed by atoms with Crippen LogP contribution in [0.15, 0.2) is 30.3 Å². The first kappa shape index (κ1) is 24.5. The molecule has 0 bridgehead atoms. The van der Waals surface area contributed by atoms with E-state index in [9.17, 15) is 22.0 Å². The summed E-state index contributed by atoms with van der Waals surface area (Å²) >= 11 is 0. The van der Waals surface area contributed by atoms with Gasteiger partial charge in [0.15, 0.2) is 0 Å². The molecule has 0 aliphatic heterocycles. The molecule has 1 nitrogen and oxygen atoms in total. The zero-order valence-corrected chi connectivity index (χ0v) is 18.5. The van der Waals surface area contributed by atoms with Crippen LogP contribution in [-0.4, -0.2) is 6.36 Å². The Balaban J connectivity index is 1.54. The van der Waals surface area contributed by atoms with E-state index in [0.717, 1.165) is 43.2 Å². The first-order valence-electron chi connectivity index (χ1n) is 11.6. The van der Waals surface area contributed by atoms with Crippen molar-refractivity contribution in [3.63, 3.8) is 0 Å². The van der Waals surface area contributed by atoms with Gasteiger partial charge in [-0.1, -0.05) is 38.7 Å². The summed E-state index contributed by atoms with van der Waals surface area (Å²) in [7, 11) is 0. The van der Waals surface area contributed by atoms with E-state index in [1.807, 2.05) is 0 Å². The van der Waals surface area contributed by atoms with E-state index in [0.29, 0.717) is 37.7 Å². The van der Waals surface area contributed by atoms with Crippen LogP contribution in [0, 0.1) is 17.6 Å². The molecule has 1 aliphatic rings. The predicted octanol–water partition coefficient (Wildman–Crippen LogP) is 8.11. The maximum atomic E-state index is 14.6. The van der Waals surface area contributed by atoms with Gasteiger partial charge in [0.25, 0.3) is 0 Å². The molecule has 1 atom stereocenters. The molecule has 2 aromatic rings. The van der Waals surface area contributed by atoms with Gasteiger partial charge in [0.05, 0.1) is 0 Å². The summed E-state index contributed by atoms with van der Waals surface area (Å²) in [6.07, 6.45) is 4.59. The highest BCUT2D eigenvalue weighted by atomic mass is 19.4. The van der Waals surface area contributed by atoms with Crippen molar-refractivity contribution >= 4 is 0 Å². The summed E-state index contributed by atoms with van der Waals surface area (Å²) < 4.78 is 70.4. The quantitative estimate of drug-likeness (QED) is 0.260. The zero-order valence-electron chi connectivity index (χ0n) is 18.5. The highest BCUT2D eigenvalue weighted by Crippen LogP contribution is 2.33. The van der Waals surface area contributed by atoms with Crippen LogP contribution in [0.3, 0.4) is 0 Å². The molecule has 0 N–H and O–H groups in total. The Hall–Kier alpha value is -2.11. The minimum atomic E-state index is -4.70. The number of ether oxygens (including phenoxy) is 1. The van der Waals surface area contributed by atoms with E-state index in [1.165, 1.54) is 30.7 Å². The lowest BCUT2D eigenvalue weighted by molar-refractivity contribution is -0.274. The van der Waals surface area contributed by atoms with E-state index < -0.39 is 18.0 Å². The molecular formula is C26H31F5O. The molecule has 2 aromatic carbocycles. The number of aryl methyl sites for hydroxylation is 2. The summed E-state index contributed by atoms with van der Waals surface area (Å²) in [5.41, 5.74) is 2.68. The molecule has 1 unspecified atom stereocenters. The fourth-order valence-corrected chi connectivity index (χ4v) is 4.57. The first-order chi connectivity index (χ1) is 15.2. The minimum absolute atomic E-state index is 0.138. The highest BCUT2D eigenvalue weighted by Gasteiger charge is 2.31. The van der Waals surface area contributed by atoms with Crippen molar-refractivity contribution in [2.24, 2.45) is 5.92 Å². The third-order valence-electron chi connectivity index (χ3n) is 6.31. The van der Waals surface area contributed by atoms with E-state index in [1.54, 1.807) is 6.07 Å². The van der Waals surface area contributed by atoms with Gasteiger partial charge in [-0.2, -0.15) is 0 Å². The largest absolute Gasteiger partial charge is 0.573 e. The van der Waals surface area contributed by atoms with Gasteiger partial charge in [0, 0.05) is 5.56 Å². The average Bonchev–Trinajstić information content (AvgIpc) is 2.72. The second-order valence-corrected chi connectivity index (χ2v) is 8.83. The molecule has 0 spiro atoms. The average molecular weight is 455 g/mol. The van der Waals surface area contributed by atoms with Crippen LogP contribution in [-0.2, 0) is 25.7 Å². The van der Waals surface area contributed by atoms with Gasteiger partial charge in [-0.15, -0.1) is 13.2 Å². The zero-order chi connectivity index (χ0) is 23.1. The summed E-state index contributed by atoms with van der Waals surface area (Å²) in [6.45, 7) is 2.15. The Labute approximate surface area is 187 Å². The number of fused-ring (bicyclic) bond motifs is 1. The Morgan fingerprint density at radius 3 is 2.31 bits per heavy atom. The van der Waals surface area contributed by atoms with Crippen molar-refractivity contribution in [2.45, 2.75) is 83.9 Å². The minimum Gasteiger partial charge on any atom is -0.406 e. The SMILES string of the molecule is CCCCCCCc1cc(F)c(CCC2CCc3cc(OC(F)(F)F)ccc3C2)c(F)c1. The summed E-state index contributed by atoms with van der Waals surface area (Å²) in [4.78, 5) is 0. The van der Waals surface area contributed by atoms with Gasteiger partial charge in [-0.05, 0) is 91.8 Å². The van der Waals surface area contributed by atoms with Crippen LogP contribution >= 0.6 is 0 Å². The lowest BCUT2D eigenvalue weighted by Crippen LogP contribution is -2.19. The topological polar surface area (TPSA) is 9.23 Å². The van der Waals surface area contributed by atoms with Crippen LogP contribution < -0.4 is 4.74 Å². The number of unbranched alkanes of at least 4 members (excludes halogenated alkanes) is 4. The highest BCUT2D eigenvalue weighted by molar-refractivity contribution is 5.37. The molecular weight excluding hydrogens is 423 g/mol. The molecule has 1 aliphatic carbocycles. The Morgan fingerprint density at radius 2 is 1.62 bits per heavy atom. The Kier molecular flexibility index (Phi) is 8.55. The maximum absolute atomic E-state index is 14.6. The molecule has 176 valence electrons. The summed E-state index contributed by atoms with van der Waals surface area (Å²) in [6, 6.07) is 7.38. The smallest absolute Gasteiger partial charge is 0.406 e. The van der Waals surface area contributed by atoms with Crippen molar-refractivity contribution in [2.75, 3.05) is 0 Å². The molecule has 0 aromatic heterocycles. The lowest BCUT2D eigenvalue weighted by atomic mass is 9.81. The number of rotatable bonds is 10. The molecule has 0 amide bonds. The molecule has 0 heterocycles. The summed E-state index contributed by atoms with van der Waals surface area (Å²) in [5.74, 6) is -0.907. The molecule has 32 heavy (non-hydrogen) atoms. The number of alkyl halides is 3. The molecule has 3 rings (SSSR count). The molecule has 0 radical (unpaired) electrons. The molecule has 0 saturated carbocycles. The van der Waals surface area contributed by atoms with Gasteiger partial charge in [-0.3, -0.25) is 0 Å². The second-order valence-electron chi connectivity index (χ2n) is 8.83. The van der Waals surface area contributed by atoms with E-state index in [4.69, 9.17) is 0 Å². The van der Waals surface area contributed by atoms with Crippen molar-refractivity contribution in [3.8, 4) is 5.75 Å². The molecule has 0 fully saturated rings. The second kappa shape index (κ2) is 11.2. The van der Waals surface area contributed by atoms with Crippen LogP contribution in [0.25, 0.3) is 0 Å². The van der Waals surface area contributed by atoms with Crippen molar-refractivity contribution < 1.29 is 26.7 Å². The predicted molar refractivity (Wildman–Crippen MR) is 116 cm³/mol. The van der Waals surface area contributed by atoms with E-state index in [2.05, 4.69) is 11.7 Å². The third-order valence-corrected chi connectivity index (χ3v) is 6.31. The third kappa shape index (κ3) is 7.21. The number of hydrogen-bond acceptors (Lipinski definition) is 1. The lowest BCUT2D eigenvalue weighted by Gasteiger charge is -2.25. The fourth-order valence-electron chi connectivity index (χ4n) is 4.57. The Bertz CT molecular complexity index is 867. The van der Waals surface area contributed by atoms with Crippen LogP contribution in [0.2, 0.25) is 0 Å². The molecule has 6 heteroatoms. The number of hydrogen-bond donors (Lipinski definition) is 0. The number of benzene rings is 2. The number of halogens is 5. The molecule has 0 saturated heterocycles. The standard InChI is InChI=1S/C26H31F5O/c1-2-3-4-5-6-7-19-15-24(27)23(25(28)16-19)13-9-18-8-10-21-17-22(32-26(29,30)31)12-11-20(21)14-18/h11-12,15-18H,2-10,13-14H2,1H3. The van der Waals surface area contributed by atoms with E-state index >= 15 is 0 Å². The van der Waals surface area contributed by atoms with Crippen molar-refractivity contribution in [3.05, 3.63) is 64.2 Å². The summed E-state index contributed by atoms with van der Waals surface area (Å²) in [5, 5.41) is 0. The fraction of sp³-hybridized carbons (Fsp3) is 0.538. The maximum Gasteiger partial charge on any atom is 0.573 e. The Morgan fingerprint density at radius 1 is 0.906 bits per heavy atom. The van der Waals surface area contributed by atoms with Gasteiger partial charge in [0.1, 0.15) is 17.4 Å². The van der Waals surface area contributed by atoms with Gasteiger partial charge in [0.2, 0.25) is 0 Å². The van der Waals surface area contributed by atoms with E-state index in [-0.39, 0.29) is 17.2 Å². The van der Waals surface area contributed by atoms with Gasteiger partial charge >= 0.3 is 6.36 Å². The van der Waals surface area contributed by atoms with Crippen molar-refractivity contribution in [1.82, 2.24) is 0 Å². The van der Waals surface area contributed by atoms with Gasteiger partial charge < -0.3 is 4.74 Å². The first-order valence-corrected chi connectivity index (χ1v) is 11.6. The van der Waals surface area contributed by atoms with Crippen LogP contribution in [0.1, 0.15) is 74.1 Å². The van der Waals surface area contributed by atoms with Crippen molar-refractivity contribution in [1.29, 1.82) is 0 Å². The normalized spacial score (nSPS) is 16.1.